The molecule has 6 rings (SSSR count). The number of amides is 5. The van der Waals surface area contributed by atoms with Crippen LogP contribution in [0.1, 0.15) is 76.8 Å². The Kier molecular flexibility index (Phi) is 11.9. The van der Waals surface area contributed by atoms with Crippen molar-refractivity contribution < 1.29 is 46.3 Å². The molecule has 19 heteroatoms. The van der Waals surface area contributed by atoms with Gasteiger partial charge >= 0.3 is 12.2 Å². The molecule has 15 nitrogen and oxygen atoms in total. The first kappa shape index (κ1) is 41.2. The number of carbonyl (C=O) groups is 5. The Morgan fingerprint density at radius 3 is 2.55 bits per heavy atom. The van der Waals surface area contributed by atoms with Crippen LogP contribution < -0.4 is 15.4 Å². The van der Waals surface area contributed by atoms with Gasteiger partial charge in [-0.15, -0.1) is 0 Å². The van der Waals surface area contributed by atoms with Crippen molar-refractivity contribution in [2.24, 2.45) is 5.92 Å². The molecule has 56 heavy (non-hydrogen) atoms. The van der Waals surface area contributed by atoms with E-state index < -0.39 is 91.0 Å². The van der Waals surface area contributed by atoms with E-state index in [1.165, 1.54) is 21.9 Å². The van der Waals surface area contributed by atoms with Crippen LogP contribution in [0.3, 0.4) is 0 Å². The van der Waals surface area contributed by atoms with Crippen LogP contribution in [0.5, 0.6) is 0 Å². The van der Waals surface area contributed by atoms with E-state index in [2.05, 4.69) is 15.6 Å². The number of pyridine rings is 1. The van der Waals surface area contributed by atoms with E-state index in [-0.39, 0.29) is 44.0 Å². The number of rotatable bonds is 5. The topological polar surface area (TPSA) is 193 Å². The lowest BCUT2D eigenvalue weighted by Crippen LogP contribution is -2.58. The third-order valence-electron chi connectivity index (χ3n) is 10.1. The fraction of sp³-hybridized carbons (Fsp3) is 0.514. The highest BCUT2D eigenvalue weighted by Crippen LogP contribution is 2.46. The normalized spacial score (nSPS) is 25.5. The fourth-order valence-corrected chi connectivity index (χ4v) is 8.91. The van der Waals surface area contributed by atoms with Gasteiger partial charge in [-0.1, -0.05) is 60.3 Å². The van der Waals surface area contributed by atoms with E-state index in [0.717, 1.165) is 6.07 Å². The molecule has 1 aromatic carbocycles. The third-order valence-corrected chi connectivity index (χ3v) is 12.1. The average Bonchev–Trinajstić information content (AvgIpc) is 3.40. The highest BCUT2D eigenvalue weighted by atomic mass is 35.5. The third kappa shape index (κ3) is 9.21. The summed E-state index contributed by atoms with van der Waals surface area (Å²) in [7, 11) is -4.59. The molecule has 4 aliphatic rings. The zero-order valence-corrected chi connectivity index (χ0v) is 33.3. The van der Waals surface area contributed by atoms with Crippen molar-refractivity contribution in [2.45, 2.75) is 113 Å². The quantitative estimate of drug-likeness (QED) is 0.280. The molecule has 3 N–H and O–H groups in total. The second-order valence-corrected chi connectivity index (χ2v) is 17.8. The van der Waals surface area contributed by atoms with Gasteiger partial charge in [-0.2, -0.15) is 0 Å². The number of sulfonamides is 1. The molecule has 0 spiro atoms. The number of aromatic nitrogens is 1. The Hall–Kier alpha value is -4.48. The summed E-state index contributed by atoms with van der Waals surface area (Å²) in [5.41, 5.74) is -1.62. The number of alkyl carbamates (subject to hydrolysis) is 1. The fourth-order valence-electron chi connectivity index (χ4n) is 7.21. The van der Waals surface area contributed by atoms with Crippen molar-refractivity contribution in [3.63, 3.8) is 0 Å². The Balaban J connectivity index is 1.27. The van der Waals surface area contributed by atoms with Gasteiger partial charge in [-0.05, 0) is 70.2 Å². The Bertz CT molecular complexity index is 2060. The van der Waals surface area contributed by atoms with Gasteiger partial charge in [0.25, 0.3) is 15.9 Å². The highest BCUT2D eigenvalue weighted by Gasteiger charge is 2.62. The number of benzene rings is 1. The van der Waals surface area contributed by atoms with E-state index >= 15 is 0 Å². The van der Waals surface area contributed by atoms with Crippen LogP contribution in [0.4, 0.5) is 14.0 Å². The average molecular weight is 838 g/mol. The van der Waals surface area contributed by atoms with Gasteiger partial charge in [0.2, 0.25) is 11.8 Å². The molecule has 5 amide bonds. The number of carbonyl (C=O) groups excluding carboxylic acids is 5. The van der Waals surface area contributed by atoms with Crippen molar-refractivity contribution in [1.82, 2.24) is 30.1 Å². The smallest absolute Gasteiger partial charge is 0.410 e. The van der Waals surface area contributed by atoms with Crippen LogP contribution in [-0.2, 0) is 47.0 Å². The first-order chi connectivity index (χ1) is 26.4. The lowest BCUT2D eigenvalue weighted by molar-refractivity contribution is -0.141. The van der Waals surface area contributed by atoms with E-state index in [4.69, 9.17) is 32.7 Å². The van der Waals surface area contributed by atoms with Gasteiger partial charge < -0.3 is 25.0 Å². The van der Waals surface area contributed by atoms with Gasteiger partial charge in [0, 0.05) is 24.4 Å². The van der Waals surface area contributed by atoms with Crippen molar-refractivity contribution in [1.29, 1.82) is 0 Å². The van der Waals surface area contributed by atoms with E-state index in [9.17, 15) is 36.8 Å². The summed E-state index contributed by atoms with van der Waals surface area (Å²) in [6.45, 7) is 4.84. The number of ether oxygens (including phenoxy) is 2. The lowest BCUT2D eigenvalue weighted by atomic mass is 10.0. The predicted molar refractivity (Wildman–Crippen MR) is 200 cm³/mol. The highest BCUT2D eigenvalue weighted by molar-refractivity contribution is 7.90. The summed E-state index contributed by atoms with van der Waals surface area (Å²) in [4.78, 5) is 74.7. The number of hydrogen-bond donors (Lipinski definition) is 3. The molecule has 1 saturated carbocycles. The minimum Gasteiger partial charge on any atom is -0.444 e. The maximum absolute atomic E-state index is 14.5. The summed E-state index contributed by atoms with van der Waals surface area (Å²) in [5.74, 6) is -3.56. The molecule has 0 bridgehead atoms. The van der Waals surface area contributed by atoms with Crippen LogP contribution in [0, 0.1) is 11.7 Å². The zero-order valence-electron chi connectivity index (χ0n) is 31.0. The molecule has 0 unspecified atom stereocenters. The van der Waals surface area contributed by atoms with Gasteiger partial charge in [-0.25, -0.2) is 32.1 Å². The summed E-state index contributed by atoms with van der Waals surface area (Å²) in [5, 5.41) is 4.84. The first-order valence-electron chi connectivity index (χ1n) is 18.3. The van der Waals surface area contributed by atoms with Gasteiger partial charge in [-0.3, -0.25) is 19.3 Å². The van der Waals surface area contributed by atoms with Gasteiger partial charge in [0.1, 0.15) is 45.2 Å². The number of fused-ring (bicyclic) bond motifs is 3. The molecule has 5 atom stereocenters. The van der Waals surface area contributed by atoms with E-state index in [1.54, 1.807) is 39.0 Å². The Labute approximate surface area is 333 Å². The van der Waals surface area contributed by atoms with Crippen molar-refractivity contribution in [3.8, 4) is 0 Å². The lowest BCUT2D eigenvalue weighted by Gasteiger charge is -2.30. The Morgan fingerprint density at radius 1 is 1.07 bits per heavy atom. The van der Waals surface area contributed by atoms with Crippen LogP contribution in [0.2, 0.25) is 10.3 Å². The molecule has 4 heterocycles. The minimum atomic E-state index is -4.59. The molecule has 1 aliphatic carbocycles. The second-order valence-electron chi connectivity index (χ2n) is 15.4. The number of nitrogens with zero attached hydrogens (tertiary/aromatic N) is 3. The van der Waals surface area contributed by atoms with Crippen molar-refractivity contribution >= 4 is 63.1 Å². The number of allylic oxidation sites excluding steroid dienone is 1. The molecular formula is C37H43Cl2FN6O9S. The predicted octanol–water partition coefficient (Wildman–Crippen LogP) is 4.74. The van der Waals surface area contributed by atoms with Crippen LogP contribution >= 0.6 is 23.2 Å². The molecule has 3 aliphatic heterocycles. The zero-order chi connectivity index (χ0) is 40.6. The van der Waals surface area contributed by atoms with E-state index in [0.29, 0.717) is 36.8 Å². The summed E-state index contributed by atoms with van der Waals surface area (Å²) < 4.78 is 54.4. The number of nitrogens with one attached hydrogen (secondary N) is 3. The maximum Gasteiger partial charge on any atom is 0.410 e. The van der Waals surface area contributed by atoms with Crippen LogP contribution in [0.25, 0.3) is 0 Å². The van der Waals surface area contributed by atoms with Gasteiger partial charge in [0.15, 0.2) is 5.15 Å². The number of halogens is 3. The Morgan fingerprint density at radius 2 is 1.84 bits per heavy atom. The van der Waals surface area contributed by atoms with Crippen molar-refractivity contribution in [2.75, 3.05) is 6.54 Å². The van der Waals surface area contributed by atoms with E-state index in [1.807, 2.05) is 10.8 Å². The number of hydrogen-bond acceptors (Lipinski definition) is 10. The summed E-state index contributed by atoms with van der Waals surface area (Å²) >= 11 is 11.9. The summed E-state index contributed by atoms with van der Waals surface area (Å²) in [6.07, 6.45) is 3.52. The summed E-state index contributed by atoms with van der Waals surface area (Å²) in [6, 6.07) is 4.39. The maximum atomic E-state index is 14.5. The molecule has 0 radical (unpaired) electrons. The van der Waals surface area contributed by atoms with Crippen LogP contribution in [0.15, 0.2) is 47.4 Å². The monoisotopic (exact) mass is 836 g/mol. The first-order valence-corrected chi connectivity index (χ1v) is 20.5. The molecule has 1 saturated heterocycles. The van der Waals surface area contributed by atoms with Crippen LogP contribution in [-0.4, -0.2) is 89.0 Å². The van der Waals surface area contributed by atoms with Crippen molar-refractivity contribution in [3.05, 3.63) is 69.7 Å². The largest absolute Gasteiger partial charge is 0.444 e. The second kappa shape index (κ2) is 16.2. The molecule has 2 aromatic rings. The molecular weight excluding hydrogens is 794 g/mol. The SMILES string of the molecule is CC(C)(C)OC(=O)N[C@H]1CCCCCC=C[C@@H]2C[C@@]2(C(=O)NS(=O)(=O)c2ccc(Cl)nc2Cl)NC(=O)[C@@H]2C[C@@H](OC(=O)N3Cc4cccc(F)c4C3)CN2C1=O. The molecule has 1 aromatic heterocycles. The standard InChI is InChI=1S/C37H43Cl2FN6O9S/c1-36(2,3)55-34(50)41-26-13-8-6-4-5-7-11-22-17-37(22,33(49)44-56(52,53)28-14-15-29(38)42-30(28)39)43-31(47)27-16-23(19-46(27)32(26)48)54-35(51)45-18-21-10-9-12-25(40)24(21)20-45/h7,9-12,14-15,22-23,26-27H,4-6,8,13,16-20H2,1-3H3,(H,41,50)(H,43,47)(H,44,49)/t22-,23-,26+,27+,37-/m1/s1. The van der Waals surface area contributed by atoms with Gasteiger partial charge in [0.05, 0.1) is 13.1 Å². The minimum absolute atomic E-state index is 0.0330. The molecule has 2 fully saturated rings. The molecule has 302 valence electrons.